The van der Waals surface area contributed by atoms with Crippen molar-refractivity contribution in [3.63, 3.8) is 0 Å². The number of fused-ring (bicyclic) bond motifs is 1. The van der Waals surface area contributed by atoms with Crippen molar-refractivity contribution in [2.24, 2.45) is 0 Å². The summed E-state index contributed by atoms with van der Waals surface area (Å²) in [6.07, 6.45) is 0. The predicted molar refractivity (Wildman–Crippen MR) is 126 cm³/mol. The van der Waals surface area contributed by atoms with E-state index in [0.717, 1.165) is 0 Å². The van der Waals surface area contributed by atoms with Crippen molar-refractivity contribution in [2.75, 3.05) is 26.6 Å². The van der Waals surface area contributed by atoms with E-state index in [-0.39, 0.29) is 20.8 Å². The van der Waals surface area contributed by atoms with Gasteiger partial charge in [-0.15, -0.1) is 0 Å². The maximum Gasteiger partial charge on any atom is 0.226 e. The van der Waals surface area contributed by atoms with Gasteiger partial charge in [0.15, 0.2) is 10.1 Å². The molecule has 1 heterocycles. The molecule has 0 aliphatic heterocycles. The monoisotopic (exact) mass is 499 g/mol. The fraction of sp³-hybridized carbons (Fsp3) is 0.130. The van der Waals surface area contributed by atoms with Crippen molar-refractivity contribution < 1.29 is 26.3 Å². The van der Waals surface area contributed by atoms with E-state index in [9.17, 15) is 16.8 Å². The second kappa shape index (κ2) is 8.92. The van der Waals surface area contributed by atoms with Gasteiger partial charge in [-0.3, -0.25) is 0 Å². The average molecular weight is 500 g/mol. The van der Waals surface area contributed by atoms with E-state index in [1.54, 1.807) is 25.2 Å². The van der Waals surface area contributed by atoms with Gasteiger partial charge in [0.25, 0.3) is 0 Å². The third-order valence-electron chi connectivity index (χ3n) is 5.15. The first kappa shape index (κ1) is 23.5. The molecule has 176 valence electrons. The molecule has 3 aromatic carbocycles. The molecule has 4 rings (SSSR count). The molecule has 4 aromatic rings. The normalized spacial score (nSPS) is 11.9. The lowest BCUT2D eigenvalue weighted by Crippen LogP contribution is -2.15. The van der Waals surface area contributed by atoms with E-state index < -0.39 is 29.7 Å². The molecule has 9 nitrogen and oxygen atoms in total. The fourth-order valence-electron chi connectivity index (χ4n) is 3.33. The molecular formula is C23H21N3O6S2. The van der Waals surface area contributed by atoms with E-state index in [0.29, 0.717) is 17.2 Å². The number of aromatic nitrogens is 2. The van der Waals surface area contributed by atoms with Gasteiger partial charge in [-0.25, -0.2) is 26.8 Å². The Morgan fingerprint density at radius 1 is 0.676 bits per heavy atom. The highest BCUT2D eigenvalue weighted by atomic mass is 32.2. The van der Waals surface area contributed by atoms with Crippen LogP contribution in [0.4, 0.5) is 5.69 Å². The van der Waals surface area contributed by atoms with Crippen molar-refractivity contribution in [1.29, 1.82) is 0 Å². The molecule has 0 saturated carbocycles. The van der Waals surface area contributed by atoms with Crippen LogP contribution in [0.5, 0.6) is 11.5 Å². The minimum atomic E-state index is -4.38. The molecule has 0 unspecified atom stereocenters. The van der Waals surface area contributed by atoms with Gasteiger partial charge in [-0.05, 0) is 60.7 Å². The Hall–Kier alpha value is -3.70. The van der Waals surface area contributed by atoms with Crippen LogP contribution in [-0.2, 0) is 19.7 Å². The van der Waals surface area contributed by atoms with Crippen molar-refractivity contribution in [3.05, 3.63) is 66.7 Å². The van der Waals surface area contributed by atoms with Crippen LogP contribution in [0.3, 0.4) is 0 Å². The number of nitrogens with one attached hydrogen (secondary N) is 1. The van der Waals surface area contributed by atoms with E-state index in [1.165, 1.54) is 62.8 Å². The van der Waals surface area contributed by atoms with E-state index in [2.05, 4.69) is 15.3 Å². The summed E-state index contributed by atoms with van der Waals surface area (Å²) < 4.78 is 64.6. The molecule has 0 fully saturated rings. The molecule has 0 radical (unpaired) electrons. The van der Waals surface area contributed by atoms with Gasteiger partial charge in [-0.1, -0.05) is 6.07 Å². The van der Waals surface area contributed by atoms with Crippen molar-refractivity contribution in [2.45, 2.75) is 19.8 Å². The number of rotatable bonds is 7. The lowest BCUT2D eigenvalue weighted by molar-refractivity contribution is 0.414. The number of benzene rings is 3. The standard InChI is InChI=1S/C23H21N3O6S2/c1-24-19-5-4-6-20-21(19)26-23(34(29,30)18-13-9-16(32-3)10-14-18)22(25-20)33(27,28)17-11-7-15(31-2)8-12-17/h4-14,24H,1-3H3. The van der Waals surface area contributed by atoms with Gasteiger partial charge in [-0.2, -0.15) is 0 Å². The van der Waals surface area contributed by atoms with Crippen LogP contribution in [0.15, 0.2) is 86.6 Å². The average Bonchev–Trinajstić information content (AvgIpc) is 2.87. The number of para-hydroxylation sites is 1. The first-order chi connectivity index (χ1) is 16.2. The SMILES string of the molecule is CNc1cccc2nc(S(=O)(=O)c3ccc(OC)cc3)c(S(=O)(=O)c3ccc(OC)cc3)nc12. The zero-order valence-electron chi connectivity index (χ0n) is 18.5. The van der Waals surface area contributed by atoms with Gasteiger partial charge in [0.05, 0.1) is 35.2 Å². The van der Waals surface area contributed by atoms with Crippen LogP contribution in [0.25, 0.3) is 11.0 Å². The number of sulfone groups is 2. The second-order valence-electron chi connectivity index (χ2n) is 7.12. The van der Waals surface area contributed by atoms with Crippen LogP contribution in [0, 0.1) is 0 Å². The summed E-state index contributed by atoms with van der Waals surface area (Å²) in [4.78, 5) is 8.30. The van der Waals surface area contributed by atoms with Crippen LogP contribution in [-0.4, -0.2) is 48.1 Å². The van der Waals surface area contributed by atoms with Gasteiger partial charge in [0, 0.05) is 7.05 Å². The van der Waals surface area contributed by atoms with Crippen LogP contribution in [0.2, 0.25) is 0 Å². The number of methoxy groups -OCH3 is 2. The predicted octanol–water partition coefficient (Wildman–Crippen LogP) is 3.35. The number of nitrogens with zero attached hydrogens (tertiary/aromatic N) is 2. The summed E-state index contributed by atoms with van der Waals surface area (Å²) in [7, 11) is -4.18. The molecule has 0 bridgehead atoms. The molecule has 0 aliphatic rings. The summed E-state index contributed by atoms with van der Waals surface area (Å²) in [5, 5.41) is 1.61. The van der Waals surface area contributed by atoms with Gasteiger partial charge in [0.1, 0.15) is 17.0 Å². The molecule has 0 aliphatic carbocycles. The molecule has 0 spiro atoms. The van der Waals surface area contributed by atoms with Crippen molar-refractivity contribution in [1.82, 2.24) is 9.97 Å². The highest BCUT2D eigenvalue weighted by Gasteiger charge is 2.33. The zero-order chi connectivity index (χ0) is 24.5. The molecule has 0 amide bonds. The van der Waals surface area contributed by atoms with Crippen LogP contribution >= 0.6 is 0 Å². The summed E-state index contributed by atoms with van der Waals surface area (Å²) in [6, 6.07) is 16.1. The van der Waals surface area contributed by atoms with Gasteiger partial charge < -0.3 is 14.8 Å². The molecular weight excluding hydrogens is 478 g/mol. The van der Waals surface area contributed by atoms with Crippen LogP contribution in [0.1, 0.15) is 0 Å². The molecule has 1 N–H and O–H groups in total. The Kier molecular flexibility index (Phi) is 6.15. The largest absolute Gasteiger partial charge is 0.497 e. The number of ether oxygens (including phenoxy) is 2. The number of anilines is 1. The van der Waals surface area contributed by atoms with Crippen molar-refractivity contribution in [3.8, 4) is 11.5 Å². The first-order valence-corrected chi connectivity index (χ1v) is 13.0. The van der Waals surface area contributed by atoms with Gasteiger partial charge >= 0.3 is 0 Å². The lowest BCUT2D eigenvalue weighted by Gasteiger charge is -2.13. The third kappa shape index (κ3) is 4.03. The summed E-state index contributed by atoms with van der Waals surface area (Å²) >= 11 is 0. The summed E-state index contributed by atoms with van der Waals surface area (Å²) in [6.45, 7) is 0. The van der Waals surface area contributed by atoms with E-state index in [1.807, 2.05) is 0 Å². The quantitative estimate of drug-likeness (QED) is 0.407. The maximum absolute atomic E-state index is 13.6. The fourth-order valence-corrected chi connectivity index (χ4v) is 6.41. The smallest absolute Gasteiger partial charge is 0.226 e. The molecule has 1 aromatic heterocycles. The van der Waals surface area contributed by atoms with E-state index >= 15 is 0 Å². The van der Waals surface area contributed by atoms with Crippen molar-refractivity contribution >= 4 is 36.4 Å². The highest BCUT2D eigenvalue weighted by molar-refractivity contribution is 7.94. The Morgan fingerprint density at radius 2 is 1.15 bits per heavy atom. The Bertz CT molecular complexity index is 1570. The number of hydrogen-bond donors (Lipinski definition) is 1. The molecule has 34 heavy (non-hydrogen) atoms. The summed E-state index contributed by atoms with van der Waals surface area (Å²) in [5.41, 5.74) is 0.961. The van der Waals surface area contributed by atoms with E-state index in [4.69, 9.17) is 9.47 Å². The second-order valence-corrected chi connectivity index (χ2v) is 10.8. The summed E-state index contributed by atoms with van der Waals surface area (Å²) in [5.74, 6) is 0.903. The Labute approximate surface area is 197 Å². The zero-order valence-corrected chi connectivity index (χ0v) is 20.1. The highest BCUT2D eigenvalue weighted by Crippen LogP contribution is 2.33. The van der Waals surface area contributed by atoms with Gasteiger partial charge in [0.2, 0.25) is 19.7 Å². The molecule has 11 heteroatoms. The molecule has 0 saturated heterocycles. The Morgan fingerprint density at radius 3 is 1.59 bits per heavy atom. The minimum absolute atomic E-state index is 0.141. The maximum atomic E-state index is 13.6. The Balaban J connectivity index is 2.03. The minimum Gasteiger partial charge on any atom is -0.497 e. The van der Waals surface area contributed by atoms with Crippen LogP contribution < -0.4 is 14.8 Å². The first-order valence-electron chi connectivity index (χ1n) is 9.99. The molecule has 0 atom stereocenters. The lowest BCUT2D eigenvalue weighted by atomic mass is 10.2. The topological polar surface area (TPSA) is 125 Å². The number of hydrogen-bond acceptors (Lipinski definition) is 9. The third-order valence-corrected chi connectivity index (χ3v) is 8.65.